The predicted octanol–water partition coefficient (Wildman–Crippen LogP) is 2.57. The first-order valence-corrected chi connectivity index (χ1v) is 10.1. The van der Waals surface area contributed by atoms with Gasteiger partial charge in [0.2, 0.25) is 5.78 Å². The molecule has 0 unspecified atom stereocenters. The zero-order chi connectivity index (χ0) is 23.6. The van der Waals surface area contributed by atoms with E-state index < -0.39 is 35.2 Å². The Morgan fingerprint density at radius 2 is 1.75 bits per heavy atom. The number of anilines is 1. The number of pyridine rings is 1. The van der Waals surface area contributed by atoms with Crippen molar-refractivity contribution in [3.05, 3.63) is 89.3 Å². The average molecular weight is 498 g/mol. The number of carbonyl (C=O) groups is 2. The van der Waals surface area contributed by atoms with Crippen molar-refractivity contribution in [3.63, 3.8) is 0 Å². The lowest BCUT2D eigenvalue weighted by Gasteiger charge is -2.15. The second-order valence-electron chi connectivity index (χ2n) is 6.56. The number of Topliss-reactive ketones (excluding diaryl/α,β-unsaturated/α-hetero) is 1. The molecule has 3 rings (SSSR count). The first-order valence-electron chi connectivity index (χ1n) is 8.96. The minimum absolute atomic E-state index is 0.0289. The second kappa shape index (κ2) is 9.56. The van der Waals surface area contributed by atoms with E-state index in [2.05, 4.69) is 4.98 Å². The van der Waals surface area contributed by atoms with Gasteiger partial charge in [0.25, 0.3) is 5.56 Å². The Balaban J connectivity index is 1.90. The third-order valence-corrected chi connectivity index (χ3v) is 5.73. The van der Waals surface area contributed by atoms with Crippen molar-refractivity contribution in [1.82, 2.24) is 14.1 Å². The molecule has 12 heteroatoms. The molecule has 0 aliphatic heterocycles. The van der Waals surface area contributed by atoms with Gasteiger partial charge in [-0.2, -0.15) is 0 Å². The van der Waals surface area contributed by atoms with Gasteiger partial charge in [-0.1, -0.05) is 65.1 Å². The maximum absolute atomic E-state index is 12.7. The van der Waals surface area contributed by atoms with Crippen molar-refractivity contribution in [3.8, 4) is 0 Å². The van der Waals surface area contributed by atoms with Gasteiger partial charge in [0.15, 0.2) is 12.3 Å². The Hall–Kier alpha value is -3.14. The highest BCUT2D eigenvalue weighted by atomic mass is 35.5. The van der Waals surface area contributed by atoms with Gasteiger partial charge in [-0.15, -0.1) is 0 Å². The zero-order valence-electron chi connectivity index (χ0n) is 16.5. The molecular formula is C20H15Cl3N4O5. The van der Waals surface area contributed by atoms with Crippen molar-refractivity contribution >= 4 is 52.4 Å². The van der Waals surface area contributed by atoms with E-state index in [1.54, 1.807) is 30.3 Å². The molecule has 0 amide bonds. The van der Waals surface area contributed by atoms with Crippen LogP contribution in [-0.2, 0) is 18.3 Å². The number of rotatable bonds is 6. The summed E-state index contributed by atoms with van der Waals surface area (Å²) in [5.74, 6) is -2.31. The van der Waals surface area contributed by atoms with Crippen molar-refractivity contribution in [2.24, 2.45) is 7.05 Å². The number of ether oxygens (including phenoxy) is 1. The molecule has 9 nitrogen and oxygen atoms in total. The summed E-state index contributed by atoms with van der Waals surface area (Å²) in [6.45, 7) is -0.817. The molecule has 0 aliphatic carbocycles. The largest absolute Gasteiger partial charge is 0.453 e. The fourth-order valence-electron chi connectivity index (χ4n) is 2.82. The van der Waals surface area contributed by atoms with E-state index in [-0.39, 0.29) is 33.1 Å². The first kappa shape index (κ1) is 23.5. The standard InChI is InChI=1S/C20H15Cl3N4O5/c1-26-18(29)13(17(24)27(20(26)31)8-10-5-3-2-4-6-10)12(28)9-32-19(30)16-15(23)14(22)11(21)7-25-16/h2-7H,8-9,24H2,1H3. The molecule has 0 fully saturated rings. The molecule has 0 atom stereocenters. The average Bonchev–Trinajstić information content (AvgIpc) is 2.78. The highest BCUT2D eigenvalue weighted by molar-refractivity contribution is 6.48. The van der Waals surface area contributed by atoms with E-state index in [4.69, 9.17) is 45.3 Å². The van der Waals surface area contributed by atoms with Gasteiger partial charge in [-0.25, -0.2) is 14.6 Å². The van der Waals surface area contributed by atoms with Gasteiger partial charge in [0, 0.05) is 13.2 Å². The quantitative estimate of drug-likeness (QED) is 0.410. The third kappa shape index (κ3) is 4.55. The predicted molar refractivity (Wildman–Crippen MR) is 120 cm³/mol. The Labute approximate surface area is 195 Å². The van der Waals surface area contributed by atoms with Crippen molar-refractivity contribution in [2.75, 3.05) is 12.3 Å². The van der Waals surface area contributed by atoms with Crippen molar-refractivity contribution in [1.29, 1.82) is 0 Å². The van der Waals surface area contributed by atoms with Crippen LogP contribution in [0, 0.1) is 0 Å². The zero-order valence-corrected chi connectivity index (χ0v) is 18.7. The van der Waals surface area contributed by atoms with Gasteiger partial charge in [0.1, 0.15) is 11.4 Å². The Kier molecular flexibility index (Phi) is 7.02. The van der Waals surface area contributed by atoms with Crippen LogP contribution in [0.25, 0.3) is 0 Å². The molecule has 2 aromatic heterocycles. The van der Waals surface area contributed by atoms with E-state index in [1.165, 1.54) is 7.05 Å². The monoisotopic (exact) mass is 496 g/mol. The van der Waals surface area contributed by atoms with Gasteiger partial charge in [0.05, 0.1) is 21.6 Å². The fraction of sp³-hybridized carbons (Fsp3) is 0.150. The molecular weight excluding hydrogens is 483 g/mol. The molecule has 2 heterocycles. The van der Waals surface area contributed by atoms with Crippen molar-refractivity contribution < 1.29 is 14.3 Å². The summed E-state index contributed by atoms with van der Waals surface area (Å²) in [6.07, 6.45) is 1.10. The lowest BCUT2D eigenvalue weighted by Crippen LogP contribution is -2.43. The number of nitrogen functional groups attached to an aromatic ring is 1. The van der Waals surface area contributed by atoms with Gasteiger partial charge < -0.3 is 10.5 Å². The van der Waals surface area contributed by atoms with E-state index in [0.717, 1.165) is 20.9 Å². The normalized spacial score (nSPS) is 10.8. The molecule has 2 N–H and O–H groups in total. The van der Waals surface area contributed by atoms with E-state index in [0.29, 0.717) is 0 Å². The number of nitrogens with zero attached hydrogens (tertiary/aromatic N) is 3. The summed E-state index contributed by atoms with van der Waals surface area (Å²) in [5.41, 5.74) is 4.28. The number of halogens is 3. The summed E-state index contributed by atoms with van der Waals surface area (Å²) in [5, 5.41) is -0.322. The molecule has 0 aliphatic rings. The maximum Gasteiger partial charge on any atom is 0.358 e. The highest BCUT2D eigenvalue weighted by Gasteiger charge is 2.24. The summed E-state index contributed by atoms with van der Waals surface area (Å²) in [7, 11) is 1.22. The minimum atomic E-state index is -1.06. The number of ketones is 1. The van der Waals surface area contributed by atoms with Crippen LogP contribution in [0.3, 0.4) is 0 Å². The number of esters is 1. The van der Waals surface area contributed by atoms with Crippen LogP contribution in [0.2, 0.25) is 15.1 Å². The highest BCUT2D eigenvalue weighted by Crippen LogP contribution is 2.31. The Morgan fingerprint density at radius 1 is 1.09 bits per heavy atom. The minimum Gasteiger partial charge on any atom is -0.453 e. The van der Waals surface area contributed by atoms with Crippen LogP contribution in [0.1, 0.15) is 26.4 Å². The lowest BCUT2D eigenvalue weighted by atomic mass is 10.2. The Bertz CT molecular complexity index is 1340. The maximum atomic E-state index is 12.7. The first-order chi connectivity index (χ1) is 15.1. The smallest absolute Gasteiger partial charge is 0.358 e. The third-order valence-electron chi connectivity index (χ3n) is 4.49. The molecule has 0 saturated heterocycles. The van der Waals surface area contributed by atoms with Gasteiger partial charge >= 0.3 is 11.7 Å². The summed E-state index contributed by atoms with van der Waals surface area (Å²) in [6, 6.07) is 8.86. The number of nitrogens with two attached hydrogens (primary N) is 1. The van der Waals surface area contributed by atoms with Crippen LogP contribution in [0.5, 0.6) is 0 Å². The molecule has 1 aromatic carbocycles. The number of carbonyl (C=O) groups excluding carboxylic acids is 2. The Morgan fingerprint density at radius 3 is 2.41 bits per heavy atom. The molecule has 166 valence electrons. The fourth-order valence-corrected chi connectivity index (χ4v) is 3.38. The number of aromatic nitrogens is 3. The van der Waals surface area contributed by atoms with Gasteiger partial charge in [-0.3, -0.25) is 18.7 Å². The van der Waals surface area contributed by atoms with Crippen LogP contribution >= 0.6 is 34.8 Å². The second-order valence-corrected chi connectivity index (χ2v) is 7.72. The van der Waals surface area contributed by atoms with Crippen LogP contribution in [0.4, 0.5) is 5.82 Å². The molecule has 3 aromatic rings. The SMILES string of the molecule is Cn1c(=O)c(C(=O)COC(=O)c2ncc(Cl)c(Cl)c2Cl)c(N)n(Cc2ccccc2)c1=O. The van der Waals surface area contributed by atoms with Crippen LogP contribution in [0.15, 0.2) is 46.1 Å². The molecule has 32 heavy (non-hydrogen) atoms. The van der Waals surface area contributed by atoms with E-state index >= 15 is 0 Å². The number of hydrogen-bond acceptors (Lipinski definition) is 7. The molecule has 0 saturated carbocycles. The molecule has 0 spiro atoms. The summed E-state index contributed by atoms with van der Waals surface area (Å²) < 4.78 is 6.77. The van der Waals surface area contributed by atoms with Crippen molar-refractivity contribution in [2.45, 2.75) is 6.54 Å². The topological polar surface area (TPSA) is 126 Å². The van der Waals surface area contributed by atoms with E-state index in [9.17, 15) is 19.2 Å². The molecule has 0 radical (unpaired) electrons. The van der Waals surface area contributed by atoms with Crippen LogP contribution < -0.4 is 17.0 Å². The number of hydrogen-bond donors (Lipinski definition) is 1. The van der Waals surface area contributed by atoms with Crippen LogP contribution in [-0.4, -0.2) is 32.5 Å². The van der Waals surface area contributed by atoms with Gasteiger partial charge in [-0.05, 0) is 5.56 Å². The van der Waals surface area contributed by atoms with E-state index in [1.807, 2.05) is 0 Å². The number of benzene rings is 1. The summed E-state index contributed by atoms with van der Waals surface area (Å²) in [4.78, 5) is 53.8. The summed E-state index contributed by atoms with van der Waals surface area (Å²) >= 11 is 17.6. The lowest BCUT2D eigenvalue weighted by molar-refractivity contribution is 0.0468. The molecule has 0 bridgehead atoms.